The largest absolute Gasteiger partial charge is 0.496 e. The molecule has 14 nitrogen and oxygen atoms in total. The minimum Gasteiger partial charge on any atom is -0.496 e. The van der Waals surface area contributed by atoms with Gasteiger partial charge in [0, 0.05) is 12.3 Å². The fourth-order valence-electron chi connectivity index (χ4n) is 7.22. The number of nitrogens with zero attached hydrogens (tertiary/aromatic N) is 1. The van der Waals surface area contributed by atoms with Crippen LogP contribution in [0.15, 0.2) is 36.4 Å². The first-order valence-electron chi connectivity index (χ1n) is 18.4. The number of sulfonamides is 1. The predicted molar refractivity (Wildman–Crippen MR) is 191 cm³/mol. The van der Waals surface area contributed by atoms with E-state index in [1.807, 2.05) is 11.6 Å². The van der Waals surface area contributed by atoms with Crippen LogP contribution in [-0.4, -0.2) is 104 Å². The first-order valence-corrected chi connectivity index (χ1v) is 19.9. The van der Waals surface area contributed by atoms with Gasteiger partial charge in [-0.15, -0.1) is 0 Å². The molecule has 0 bridgehead atoms. The van der Waals surface area contributed by atoms with Crippen LogP contribution in [-0.2, 0) is 33.9 Å². The summed E-state index contributed by atoms with van der Waals surface area (Å²) in [5.41, 5.74) is -4.69. The van der Waals surface area contributed by atoms with Gasteiger partial charge in [-0.3, -0.25) is 19.1 Å². The van der Waals surface area contributed by atoms with Gasteiger partial charge in [-0.2, -0.15) is 13.2 Å². The average molecular weight is 817 g/mol. The van der Waals surface area contributed by atoms with Crippen molar-refractivity contribution in [3.8, 4) is 5.75 Å². The molecule has 0 aromatic heterocycles. The molecule has 1 saturated heterocycles. The number of fused-ring (bicyclic) bond motifs is 2. The molecule has 3 fully saturated rings. The zero-order valence-electron chi connectivity index (χ0n) is 31.7. The van der Waals surface area contributed by atoms with E-state index in [1.165, 1.54) is 19.2 Å². The number of hydrogen-bond acceptors (Lipinski definition) is 10. The number of ether oxygens (including phenoxy) is 3. The maximum atomic E-state index is 14.6. The maximum Gasteiger partial charge on any atom is 0.427 e. The third-order valence-corrected chi connectivity index (χ3v) is 13.3. The number of carbonyl (C=O) groups excluding carboxylic acids is 5. The number of hydrogen-bond donors (Lipinski definition) is 3. The summed E-state index contributed by atoms with van der Waals surface area (Å²) >= 11 is 0. The van der Waals surface area contributed by atoms with Crippen molar-refractivity contribution in [3.05, 3.63) is 42.0 Å². The molecule has 1 aromatic rings. The molecule has 2 aliphatic carbocycles. The van der Waals surface area contributed by atoms with Crippen LogP contribution in [0.3, 0.4) is 0 Å². The average Bonchev–Trinajstić information content (AvgIpc) is 4.02. The second kappa shape index (κ2) is 15.8. The van der Waals surface area contributed by atoms with Gasteiger partial charge in [-0.25, -0.2) is 22.4 Å². The van der Waals surface area contributed by atoms with Crippen LogP contribution in [0.5, 0.6) is 5.75 Å². The van der Waals surface area contributed by atoms with E-state index < -0.39 is 105 Å². The van der Waals surface area contributed by atoms with Gasteiger partial charge < -0.3 is 29.7 Å². The fraction of sp³-hybridized carbons (Fsp3) is 0.649. The zero-order chi connectivity index (χ0) is 41.4. The number of methoxy groups -OCH3 is 1. The van der Waals surface area contributed by atoms with E-state index in [4.69, 9.17) is 14.2 Å². The molecule has 7 atom stereocenters. The number of benzene rings is 1. The summed E-state index contributed by atoms with van der Waals surface area (Å²) in [7, 11) is -3.14. The minimum atomic E-state index is -4.95. The lowest BCUT2D eigenvalue weighted by atomic mass is 9.88. The molecule has 5 rings (SSSR count). The molecule has 0 spiro atoms. The van der Waals surface area contributed by atoms with E-state index in [9.17, 15) is 50.0 Å². The second-order valence-corrected chi connectivity index (χ2v) is 17.9. The second-order valence-electron chi connectivity index (χ2n) is 15.8. The van der Waals surface area contributed by atoms with Gasteiger partial charge in [0.15, 0.2) is 0 Å². The third-order valence-electron chi connectivity index (χ3n) is 11.2. The Bertz CT molecular complexity index is 1850. The van der Waals surface area contributed by atoms with Gasteiger partial charge in [-0.1, -0.05) is 38.1 Å². The summed E-state index contributed by atoms with van der Waals surface area (Å²) < 4.78 is 96.9. The number of halogens is 4. The molecule has 4 amide bonds. The van der Waals surface area contributed by atoms with E-state index in [0.717, 1.165) is 4.90 Å². The van der Waals surface area contributed by atoms with Crippen molar-refractivity contribution in [2.45, 2.75) is 113 Å². The van der Waals surface area contributed by atoms with Crippen molar-refractivity contribution >= 4 is 39.8 Å². The van der Waals surface area contributed by atoms with Crippen molar-refractivity contribution in [3.63, 3.8) is 0 Å². The van der Waals surface area contributed by atoms with E-state index in [-0.39, 0.29) is 42.9 Å². The van der Waals surface area contributed by atoms with E-state index in [0.29, 0.717) is 33.1 Å². The normalized spacial score (nSPS) is 29.9. The van der Waals surface area contributed by atoms with Gasteiger partial charge in [0.1, 0.15) is 46.5 Å². The lowest BCUT2D eigenvalue weighted by Gasteiger charge is -2.34. The summed E-state index contributed by atoms with van der Waals surface area (Å²) in [6.45, 7) is 3.18. The zero-order valence-corrected chi connectivity index (χ0v) is 32.6. The Hall–Kier alpha value is -4.42. The fourth-order valence-corrected chi connectivity index (χ4v) is 8.65. The molecule has 1 aromatic carbocycles. The van der Waals surface area contributed by atoms with Crippen molar-refractivity contribution in [2.24, 2.45) is 17.8 Å². The summed E-state index contributed by atoms with van der Waals surface area (Å²) in [5.74, 6) is -5.08. The molecule has 2 aliphatic heterocycles. The van der Waals surface area contributed by atoms with E-state index >= 15 is 0 Å². The standard InChI is InChI=1S/C37H48F4N4O10S/c1-21-10-6-7-11-23-18-36(23,32(49)44-56(51,52)35(20-38)14-15-35)43-29(46)26-17-24(54-31(48)25-12-8-9-13-27(25)53-5)19-45(26)30(47)28(22(2)16-21)42-33(50)55-34(3,4)37(39,40)41/h7-9,11-13,21-24,26,28H,6,10,14-20H2,1-5H3,(H,42,50)(H,43,46)(H,44,49)/b11-7-/t21-,22-,23-,24-,26+,28+,36-/m1/s1. The summed E-state index contributed by atoms with van der Waals surface area (Å²) in [6.07, 6.45) is -3.17. The molecule has 4 aliphatic rings. The third kappa shape index (κ3) is 8.76. The molecule has 3 N–H and O–H groups in total. The van der Waals surface area contributed by atoms with Gasteiger partial charge in [0.2, 0.25) is 27.4 Å². The Morgan fingerprint density at radius 2 is 1.75 bits per heavy atom. The van der Waals surface area contributed by atoms with E-state index in [1.54, 1.807) is 31.2 Å². The number of nitrogens with one attached hydrogen (secondary N) is 3. The first-order chi connectivity index (χ1) is 26.1. The highest BCUT2D eigenvalue weighted by Crippen LogP contribution is 2.48. The molecule has 19 heteroatoms. The molecule has 56 heavy (non-hydrogen) atoms. The van der Waals surface area contributed by atoms with Crippen LogP contribution in [0.2, 0.25) is 0 Å². The molecule has 2 heterocycles. The smallest absolute Gasteiger partial charge is 0.427 e. The molecular formula is C37H48F4N4O10S. The van der Waals surface area contributed by atoms with E-state index in [2.05, 4.69) is 10.6 Å². The Morgan fingerprint density at radius 3 is 2.38 bits per heavy atom. The number of esters is 1. The quantitative estimate of drug-likeness (QED) is 0.186. The number of amides is 4. The summed E-state index contributed by atoms with van der Waals surface area (Å²) in [6, 6.07) is 3.15. The Balaban J connectivity index is 1.49. The number of allylic oxidation sites excluding steroid dienone is 1. The highest BCUT2D eigenvalue weighted by molar-refractivity contribution is 7.91. The number of para-hydroxylation sites is 1. The van der Waals surface area contributed by atoms with Crippen molar-refractivity contribution < 1.29 is 64.2 Å². The molecular weight excluding hydrogens is 768 g/mol. The minimum absolute atomic E-state index is 0.00989. The van der Waals surface area contributed by atoms with Crippen LogP contribution in [0.4, 0.5) is 22.4 Å². The molecule has 0 unspecified atom stereocenters. The van der Waals surface area contributed by atoms with Crippen molar-refractivity contribution in [1.82, 2.24) is 20.3 Å². The molecule has 2 saturated carbocycles. The highest BCUT2D eigenvalue weighted by Gasteiger charge is 2.64. The van der Waals surface area contributed by atoms with Crippen molar-refractivity contribution in [2.75, 3.05) is 20.3 Å². The SMILES string of the molecule is COc1ccccc1C(=O)O[C@@H]1C[C@H]2C(=O)N[C@]3(C(=O)NS(=O)(=O)C4(CF)CC4)C[C@H]3/C=C\CC[C@@H](C)C[C@@H](C)[C@H](NC(=O)OC(C)(C)C(F)(F)F)C(=O)N2C1. The van der Waals surface area contributed by atoms with Crippen LogP contribution in [0, 0.1) is 17.8 Å². The summed E-state index contributed by atoms with van der Waals surface area (Å²) in [5, 5.41) is 4.93. The number of alkyl carbamates (subject to hydrolysis) is 1. The van der Waals surface area contributed by atoms with Gasteiger partial charge in [0.05, 0.1) is 13.7 Å². The Labute approximate surface area is 322 Å². The topological polar surface area (TPSA) is 187 Å². The number of carbonyl (C=O) groups is 5. The maximum absolute atomic E-state index is 14.6. The van der Waals surface area contributed by atoms with Crippen LogP contribution in [0.25, 0.3) is 0 Å². The van der Waals surface area contributed by atoms with Crippen molar-refractivity contribution in [1.29, 1.82) is 0 Å². The number of alkyl halides is 4. The monoisotopic (exact) mass is 816 g/mol. The van der Waals surface area contributed by atoms with Crippen LogP contribution in [0.1, 0.15) is 83.0 Å². The highest BCUT2D eigenvalue weighted by atomic mass is 32.2. The van der Waals surface area contributed by atoms with Gasteiger partial charge >= 0.3 is 18.2 Å². The summed E-state index contributed by atoms with van der Waals surface area (Å²) in [4.78, 5) is 70.0. The Kier molecular flexibility index (Phi) is 12.1. The van der Waals surface area contributed by atoms with Crippen LogP contribution >= 0.6 is 0 Å². The molecule has 0 radical (unpaired) electrons. The lowest BCUT2D eigenvalue weighted by Crippen LogP contribution is -2.60. The number of rotatable bonds is 9. The molecule has 310 valence electrons. The van der Waals surface area contributed by atoms with Crippen LogP contribution < -0.4 is 20.1 Å². The predicted octanol–water partition coefficient (Wildman–Crippen LogP) is 4.09. The van der Waals surface area contributed by atoms with Gasteiger partial charge in [-0.05, 0) is 76.3 Å². The first kappa shape index (κ1) is 42.7. The lowest BCUT2D eigenvalue weighted by molar-refractivity contribution is -0.244. The van der Waals surface area contributed by atoms with Gasteiger partial charge in [0.25, 0.3) is 5.91 Å². The Morgan fingerprint density at radius 1 is 1.07 bits per heavy atom.